The summed E-state index contributed by atoms with van der Waals surface area (Å²) in [4.78, 5) is 28.7. The Kier molecular flexibility index (Phi) is 4.83. The van der Waals surface area contributed by atoms with Crippen LogP contribution in [0.15, 0.2) is 36.7 Å². The molecular weight excluding hydrogens is 314 g/mol. The average Bonchev–Trinajstić information content (AvgIpc) is 3.37. The van der Waals surface area contributed by atoms with Crippen LogP contribution >= 0.6 is 0 Å². The van der Waals surface area contributed by atoms with Gasteiger partial charge in [-0.1, -0.05) is 23.8 Å². The number of carbonyl (C=O) groups excluding carboxylic acids is 2. The lowest BCUT2D eigenvalue weighted by Gasteiger charge is -2.13. The van der Waals surface area contributed by atoms with E-state index >= 15 is 0 Å². The second-order valence-corrected chi connectivity index (χ2v) is 6.79. The Labute approximate surface area is 147 Å². The van der Waals surface area contributed by atoms with Crippen molar-refractivity contribution in [1.82, 2.24) is 10.3 Å². The van der Waals surface area contributed by atoms with Crippen molar-refractivity contribution in [1.29, 1.82) is 0 Å². The van der Waals surface area contributed by atoms with Crippen LogP contribution in [0.5, 0.6) is 0 Å². The molecular formula is C20H23N3O2. The molecule has 1 aromatic carbocycles. The lowest BCUT2D eigenvalue weighted by Crippen LogP contribution is -2.27. The molecule has 1 saturated carbocycles. The Hall–Kier alpha value is -2.69. The van der Waals surface area contributed by atoms with E-state index in [0.717, 1.165) is 22.4 Å². The van der Waals surface area contributed by atoms with Gasteiger partial charge >= 0.3 is 0 Å². The summed E-state index contributed by atoms with van der Waals surface area (Å²) in [5.74, 6) is -0.616. The fourth-order valence-corrected chi connectivity index (χ4v) is 3.19. The molecule has 5 nitrogen and oxygen atoms in total. The first-order valence-electron chi connectivity index (χ1n) is 8.51. The van der Waals surface area contributed by atoms with Gasteiger partial charge in [0.15, 0.2) is 0 Å². The second kappa shape index (κ2) is 7.05. The predicted molar refractivity (Wildman–Crippen MR) is 97.0 cm³/mol. The Bertz CT molecular complexity index is 779. The third-order valence-electron chi connectivity index (χ3n) is 4.58. The molecule has 0 radical (unpaired) electrons. The summed E-state index contributed by atoms with van der Waals surface area (Å²) >= 11 is 0. The first-order valence-corrected chi connectivity index (χ1v) is 8.51. The molecule has 3 rings (SSSR count). The Morgan fingerprint density at radius 1 is 1.12 bits per heavy atom. The number of pyridine rings is 1. The predicted octanol–water partition coefficient (Wildman–Crippen LogP) is 2.90. The molecule has 130 valence electrons. The van der Waals surface area contributed by atoms with Crippen LogP contribution in [0.1, 0.15) is 28.7 Å². The summed E-state index contributed by atoms with van der Waals surface area (Å²) < 4.78 is 0. The molecule has 2 aromatic rings. The van der Waals surface area contributed by atoms with Gasteiger partial charge in [0.25, 0.3) is 0 Å². The molecule has 2 atom stereocenters. The van der Waals surface area contributed by atoms with E-state index in [4.69, 9.17) is 0 Å². The first-order chi connectivity index (χ1) is 12.0. The SMILES string of the molecule is Cc1cc(C)c(NC(=O)C2CC2C(=O)NCc2cccnc2)c(C)c1. The molecule has 0 spiro atoms. The third kappa shape index (κ3) is 4.05. The smallest absolute Gasteiger partial charge is 0.228 e. The molecule has 0 aliphatic heterocycles. The standard InChI is InChI=1S/C20H23N3O2/c1-12-7-13(2)18(14(3)8-12)23-20(25)17-9-16(17)19(24)22-11-15-5-4-6-21-10-15/h4-8,10,16-17H,9,11H2,1-3H3,(H,22,24)(H,23,25). The lowest BCUT2D eigenvalue weighted by atomic mass is 10.0. The molecule has 0 bridgehead atoms. The van der Waals surface area contributed by atoms with Crippen molar-refractivity contribution in [2.75, 3.05) is 5.32 Å². The zero-order valence-electron chi connectivity index (χ0n) is 14.8. The second-order valence-electron chi connectivity index (χ2n) is 6.79. The average molecular weight is 337 g/mol. The molecule has 2 amide bonds. The number of hydrogen-bond acceptors (Lipinski definition) is 3. The Balaban J connectivity index is 1.54. The largest absolute Gasteiger partial charge is 0.352 e. The number of nitrogens with zero attached hydrogens (tertiary/aromatic N) is 1. The van der Waals surface area contributed by atoms with Gasteiger partial charge < -0.3 is 10.6 Å². The summed E-state index contributed by atoms with van der Waals surface area (Å²) in [5, 5.41) is 5.88. The number of benzene rings is 1. The van der Waals surface area contributed by atoms with E-state index in [-0.39, 0.29) is 23.7 Å². The van der Waals surface area contributed by atoms with Gasteiger partial charge in [0, 0.05) is 24.6 Å². The van der Waals surface area contributed by atoms with E-state index in [1.165, 1.54) is 5.56 Å². The topological polar surface area (TPSA) is 71.1 Å². The first kappa shape index (κ1) is 17.1. The number of rotatable bonds is 5. The van der Waals surface area contributed by atoms with Gasteiger partial charge in [0.05, 0.1) is 11.8 Å². The number of aryl methyl sites for hydroxylation is 3. The van der Waals surface area contributed by atoms with Gasteiger partial charge in [0.2, 0.25) is 11.8 Å². The Morgan fingerprint density at radius 3 is 2.44 bits per heavy atom. The molecule has 1 heterocycles. The Morgan fingerprint density at radius 2 is 1.80 bits per heavy atom. The maximum atomic E-state index is 12.5. The summed E-state index contributed by atoms with van der Waals surface area (Å²) in [6.07, 6.45) is 4.02. The highest BCUT2D eigenvalue weighted by Gasteiger charge is 2.48. The number of anilines is 1. The zero-order valence-corrected chi connectivity index (χ0v) is 14.8. The van der Waals surface area contributed by atoms with Crippen molar-refractivity contribution >= 4 is 17.5 Å². The minimum absolute atomic E-state index is 0.0682. The summed E-state index contributed by atoms with van der Waals surface area (Å²) in [6.45, 7) is 6.45. The number of aromatic nitrogens is 1. The minimum Gasteiger partial charge on any atom is -0.352 e. The van der Waals surface area contributed by atoms with E-state index in [1.807, 2.05) is 45.0 Å². The highest BCUT2D eigenvalue weighted by Crippen LogP contribution is 2.40. The van der Waals surface area contributed by atoms with Gasteiger partial charge in [0.1, 0.15) is 0 Å². The van der Waals surface area contributed by atoms with Crippen molar-refractivity contribution in [3.05, 3.63) is 58.9 Å². The van der Waals surface area contributed by atoms with Crippen LogP contribution < -0.4 is 10.6 Å². The van der Waals surface area contributed by atoms with Gasteiger partial charge in [-0.2, -0.15) is 0 Å². The molecule has 1 aromatic heterocycles. The molecule has 1 aliphatic rings. The highest BCUT2D eigenvalue weighted by atomic mass is 16.2. The molecule has 25 heavy (non-hydrogen) atoms. The van der Waals surface area contributed by atoms with Gasteiger partial charge in [-0.05, 0) is 49.9 Å². The molecule has 0 saturated heterocycles. The van der Waals surface area contributed by atoms with E-state index in [1.54, 1.807) is 12.4 Å². The maximum Gasteiger partial charge on any atom is 0.228 e. The monoisotopic (exact) mass is 337 g/mol. The highest BCUT2D eigenvalue weighted by molar-refractivity contribution is 6.00. The van der Waals surface area contributed by atoms with Crippen molar-refractivity contribution in [3.8, 4) is 0 Å². The van der Waals surface area contributed by atoms with Gasteiger partial charge in [-0.3, -0.25) is 14.6 Å². The minimum atomic E-state index is -0.242. The van der Waals surface area contributed by atoms with E-state index < -0.39 is 0 Å². The quantitative estimate of drug-likeness (QED) is 0.881. The fourth-order valence-electron chi connectivity index (χ4n) is 3.19. The van der Waals surface area contributed by atoms with Crippen molar-refractivity contribution in [3.63, 3.8) is 0 Å². The molecule has 5 heteroatoms. The molecule has 2 unspecified atom stereocenters. The van der Waals surface area contributed by atoms with E-state index in [2.05, 4.69) is 15.6 Å². The van der Waals surface area contributed by atoms with Crippen LogP contribution in [0.2, 0.25) is 0 Å². The van der Waals surface area contributed by atoms with Crippen molar-refractivity contribution < 1.29 is 9.59 Å². The molecule has 1 fully saturated rings. The van der Waals surface area contributed by atoms with E-state index in [9.17, 15) is 9.59 Å². The van der Waals surface area contributed by atoms with Crippen LogP contribution in [0.3, 0.4) is 0 Å². The number of carbonyl (C=O) groups is 2. The fraction of sp³-hybridized carbons (Fsp3) is 0.350. The van der Waals surface area contributed by atoms with Crippen LogP contribution in [-0.2, 0) is 16.1 Å². The summed E-state index contributed by atoms with van der Waals surface area (Å²) in [7, 11) is 0. The number of amides is 2. The summed E-state index contributed by atoms with van der Waals surface area (Å²) in [5.41, 5.74) is 5.07. The lowest BCUT2D eigenvalue weighted by molar-refractivity contribution is -0.125. The third-order valence-corrected chi connectivity index (χ3v) is 4.58. The molecule has 2 N–H and O–H groups in total. The van der Waals surface area contributed by atoms with Crippen molar-refractivity contribution in [2.45, 2.75) is 33.7 Å². The van der Waals surface area contributed by atoms with Crippen LogP contribution in [-0.4, -0.2) is 16.8 Å². The number of hydrogen-bond donors (Lipinski definition) is 2. The zero-order chi connectivity index (χ0) is 18.0. The van der Waals surface area contributed by atoms with Crippen LogP contribution in [0.25, 0.3) is 0 Å². The van der Waals surface area contributed by atoms with Gasteiger partial charge in [-0.25, -0.2) is 0 Å². The maximum absolute atomic E-state index is 12.5. The molecule has 1 aliphatic carbocycles. The summed E-state index contributed by atoms with van der Waals surface area (Å²) in [6, 6.07) is 7.84. The number of nitrogens with one attached hydrogen (secondary N) is 2. The van der Waals surface area contributed by atoms with Crippen LogP contribution in [0, 0.1) is 32.6 Å². The van der Waals surface area contributed by atoms with Gasteiger partial charge in [-0.15, -0.1) is 0 Å². The normalized spacial score (nSPS) is 18.5. The van der Waals surface area contributed by atoms with E-state index in [0.29, 0.717) is 13.0 Å². The van der Waals surface area contributed by atoms with Crippen LogP contribution in [0.4, 0.5) is 5.69 Å². The van der Waals surface area contributed by atoms with Crippen molar-refractivity contribution in [2.24, 2.45) is 11.8 Å².